The molecule has 0 aliphatic carbocycles. The molecule has 2 aromatic heterocycles. The molecule has 0 fully saturated rings. The van der Waals surface area contributed by atoms with Gasteiger partial charge >= 0.3 is 12.3 Å². The smallest absolute Gasteiger partial charge is 0.435 e. The van der Waals surface area contributed by atoms with Crippen molar-refractivity contribution in [1.29, 1.82) is 0 Å². The van der Waals surface area contributed by atoms with Crippen molar-refractivity contribution in [2.24, 2.45) is 7.05 Å². The van der Waals surface area contributed by atoms with E-state index in [1.54, 1.807) is 20.8 Å². The van der Waals surface area contributed by atoms with Crippen LogP contribution in [0.3, 0.4) is 0 Å². The van der Waals surface area contributed by atoms with Crippen LogP contribution in [0.15, 0.2) is 29.2 Å². The molecule has 0 aliphatic heterocycles. The zero-order valence-corrected chi connectivity index (χ0v) is 14.0. The molecule has 7 nitrogen and oxygen atoms in total. The quantitative estimate of drug-likeness (QED) is 0.895. The molecule has 0 saturated heterocycles. The third kappa shape index (κ3) is 4.20. The van der Waals surface area contributed by atoms with E-state index in [4.69, 9.17) is 4.74 Å². The van der Waals surface area contributed by atoms with Gasteiger partial charge in [-0.15, -0.1) is 0 Å². The van der Waals surface area contributed by atoms with E-state index in [0.717, 1.165) is 10.8 Å². The lowest BCUT2D eigenvalue weighted by Gasteiger charge is -2.20. The van der Waals surface area contributed by atoms with Gasteiger partial charge in [-0.2, -0.15) is 18.3 Å². The minimum Gasteiger partial charge on any atom is -0.444 e. The van der Waals surface area contributed by atoms with Crippen LogP contribution < -0.4 is 10.9 Å². The maximum Gasteiger partial charge on any atom is 0.435 e. The van der Waals surface area contributed by atoms with E-state index in [1.165, 1.54) is 25.2 Å². The highest BCUT2D eigenvalue weighted by molar-refractivity contribution is 5.85. The summed E-state index contributed by atoms with van der Waals surface area (Å²) in [5, 5.41) is 5.72. The Morgan fingerprint density at radius 2 is 1.88 bits per heavy atom. The molecule has 0 saturated carbocycles. The third-order valence-electron chi connectivity index (χ3n) is 3.05. The van der Waals surface area contributed by atoms with Crippen LogP contribution >= 0.6 is 0 Å². The Kier molecular flexibility index (Phi) is 4.65. The maximum absolute atomic E-state index is 13.5. The van der Waals surface area contributed by atoms with Gasteiger partial charge < -0.3 is 4.74 Å². The Bertz CT molecular complexity index is 847. The van der Waals surface area contributed by atoms with Crippen molar-refractivity contribution in [3.63, 3.8) is 0 Å². The second-order valence-corrected chi connectivity index (χ2v) is 6.22. The number of carbonyl (C=O) groups excluding carboxylic acids is 1. The highest BCUT2D eigenvalue weighted by atomic mass is 19.4. The van der Waals surface area contributed by atoms with Crippen molar-refractivity contribution in [3.8, 4) is 5.82 Å². The zero-order chi connectivity index (χ0) is 19.0. The molecule has 1 amide bonds. The van der Waals surface area contributed by atoms with Crippen molar-refractivity contribution in [2.45, 2.75) is 32.5 Å². The van der Waals surface area contributed by atoms with Crippen LogP contribution in [0.4, 0.5) is 23.7 Å². The molecule has 0 aromatic carbocycles. The predicted molar refractivity (Wildman–Crippen MR) is 83.7 cm³/mol. The highest BCUT2D eigenvalue weighted by Crippen LogP contribution is 2.36. The molecule has 0 atom stereocenters. The fourth-order valence-electron chi connectivity index (χ4n) is 2.07. The lowest BCUT2D eigenvalue weighted by molar-refractivity contribution is -0.142. The fraction of sp³-hybridized carbons (Fsp3) is 0.400. The maximum atomic E-state index is 13.5. The van der Waals surface area contributed by atoms with Crippen LogP contribution in [-0.2, 0) is 18.0 Å². The van der Waals surface area contributed by atoms with Gasteiger partial charge in [0.25, 0.3) is 5.56 Å². The van der Waals surface area contributed by atoms with Gasteiger partial charge in [-0.25, -0.2) is 9.48 Å². The van der Waals surface area contributed by atoms with Crippen molar-refractivity contribution in [1.82, 2.24) is 14.3 Å². The van der Waals surface area contributed by atoms with E-state index < -0.39 is 34.8 Å². The van der Waals surface area contributed by atoms with Crippen LogP contribution in [0.2, 0.25) is 0 Å². The monoisotopic (exact) mass is 358 g/mol. The lowest BCUT2D eigenvalue weighted by atomic mass is 10.2. The molecule has 2 rings (SSSR count). The summed E-state index contributed by atoms with van der Waals surface area (Å²) >= 11 is 0. The number of halogens is 3. The van der Waals surface area contributed by atoms with Gasteiger partial charge in [-0.05, 0) is 26.8 Å². The summed E-state index contributed by atoms with van der Waals surface area (Å²) in [5.41, 5.74) is -3.16. The molecule has 0 radical (unpaired) electrons. The molecule has 0 spiro atoms. The Morgan fingerprint density at radius 1 is 1.24 bits per heavy atom. The lowest BCUT2D eigenvalue weighted by Crippen LogP contribution is -2.28. The van der Waals surface area contributed by atoms with Gasteiger partial charge in [0.2, 0.25) is 0 Å². The number of amides is 1. The second kappa shape index (κ2) is 6.26. The van der Waals surface area contributed by atoms with Crippen molar-refractivity contribution in [2.75, 3.05) is 5.32 Å². The van der Waals surface area contributed by atoms with Crippen molar-refractivity contribution < 1.29 is 22.7 Å². The highest BCUT2D eigenvalue weighted by Gasteiger charge is 2.40. The molecule has 25 heavy (non-hydrogen) atoms. The first-order valence-electron chi connectivity index (χ1n) is 7.22. The van der Waals surface area contributed by atoms with E-state index in [0.29, 0.717) is 4.68 Å². The van der Waals surface area contributed by atoms with Crippen molar-refractivity contribution >= 4 is 11.8 Å². The molecule has 0 bridgehead atoms. The normalized spacial score (nSPS) is 12.1. The molecule has 2 heterocycles. The van der Waals surface area contributed by atoms with E-state index in [1.807, 2.05) is 5.32 Å². The molecule has 0 unspecified atom stereocenters. The first-order valence-corrected chi connectivity index (χ1v) is 7.22. The van der Waals surface area contributed by atoms with Crippen molar-refractivity contribution in [3.05, 3.63) is 40.4 Å². The van der Waals surface area contributed by atoms with Crippen LogP contribution in [-0.4, -0.2) is 26.0 Å². The van der Waals surface area contributed by atoms with Crippen LogP contribution in [0.25, 0.3) is 5.82 Å². The number of anilines is 1. The third-order valence-corrected chi connectivity index (χ3v) is 3.05. The van der Waals surface area contributed by atoms with E-state index in [9.17, 15) is 22.8 Å². The van der Waals surface area contributed by atoms with Gasteiger partial charge in [0.1, 0.15) is 11.4 Å². The minimum atomic E-state index is -4.83. The summed E-state index contributed by atoms with van der Waals surface area (Å²) in [7, 11) is 1.32. The van der Waals surface area contributed by atoms with Gasteiger partial charge in [0, 0.05) is 13.1 Å². The molecule has 1 N–H and O–H groups in total. The number of carbonyl (C=O) groups is 1. The topological polar surface area (TPSA) is 78.2 Å². The zero-order valence-electron chi connectivity index (χ0n) is 14.0. The Morgan fingerprint density at radius 3 is 2.44 bits per heavy atom. The minimum absolute atomic E-state index is 0.0999. The van der Waals surface area contributed by atoms with E-state index >= 15 is 0 Å². The first kappa shape index (κ1) is 18.6. The summed E-state index contributed by atoms with van der Waals surface area (Å²) in [6.07, 6.45) is -5.02. The fourth-order valence-corrected chi connectivity index (χ4v) is 2.07. The first-order chi connectivity index (χ1) is 11.4. The summed E-state index contributed by atoms with van der Waals surface area (Å²) < 4.78 is 47.0. The number of aromatic nitrogens is 3. The van der Waals surface area contributed by atoms with Gasteiger partial charge in [-0.3, -0.25) is 14.7 Å². The second-order valence-electron chi connectivity index (χ2n) is 6.22. The van der Waals surface area contributed by atoms with Crippen LogP contribution in [0, 0.1) is 0 Å². The Balaban J connectivity index is 2.51. The summed E-state index contributed by atoms with van der Waals surface area (Å²) in [6, 6.07) is 3.83. The number of nitrogens with zero attached hydrogens (tertiary/aromatic N) is 3. The van der Waals surface area contributed by atoms with Crippen LogP contribution in [0.5, 0.6) is 0 Å². The number of hydrogen-bond acceptors (Lipinski definition) is 4. The molecule has 136 valence electrons. The standard InChI is InChI=1S/C15H17F3N4O3/c1-14(2,3)25-13(24)20-9-8-19-22(12(9)15(16,17)18)10-6-5-7-11(23)21(10)4/h5-8H,1-4H3,(H,20,24). The number of hydrogen-bond donors (Lipinski definition) is 1. The summed E-state index contributed by atoms with van der Waals surface area (Å²) in [6.45, 7) is 4.75. The Hall–Kier alpha value is -2.78. The van der Waals surface area contributed by atoms with Gasteiger partial charge in [0.05, 0.1) is 11.9 Å². The van der Waals surface area contributed by atoms with Crippen LogP contribution in [0.1, 0.15) is 26.5 Å². The molecule has 10 heteroatoms. The number of ether oxygens (including phenoxy) is 1. The predicted octanol–water partition coefficient (Wildman–Crippen LogP) is 2.94. The average molecular weight is 358 g/mol. The SMILES string of the molecule is Cn1c(-n2ncc(NC(=O)OC(C)(C)C)c2C(F)(F)F)cccc1=O. The number of alkyl halides is 3. The largest absolute Gasteiger partial charge is 0.444 e. The molecule has 0 aliphatic rings. The molecular formula is C15H17F3N4O3. The number of pyridine rings is 1. The molecular weight excluding hydrogens is 341 g/mol. The number of rotatable bonds is 2. The average Bonchev–Trinajstić information content (AvgIpc) is 2.83. The summed E-state index contributed by atoms with van der Waals surface area (Å²) in [5.74, 6) is -0.0999. The summed E-state index contributed by atoms with van der Waals surface area (Å²) in [4.78, 5) is 23.4. The van der Waals surface area contributed by atoms with Gasteiger partial charge in [-0.1, -0.05) is 6.07 Å². The van der Waals surface area contributed by atoms with E-state index in [-0.39, 0.29) is 5.82 Å². The molecule has 2 aromatic rings. The van der Waals surface area contributed by atoms with Gasteiger partial charge in [0.15, 0.2) is 5.69 Å². The number of nitrogens with one attached hydrogen (secondary N) is 1. The Labute approximate surface area is 141 Å². The van der Waals surface area contributed by atoms with E-state index in [2.05, 4.69) is 5.10 Å².